The molecule has 1 aromatic carbocycles. The van der Waals surface area contributed by atoms with Gasteiger partial charge in [0.1, 0.15) is 6.04 Å². The van der Waals surface area contributed by atoms with Gasteiger partial charge in [0, 0.05) is 71.6 Å². The zero-order chi connectivity index (χ0) is 23.3. The maximum atomic E-state index is 12.5. The third kappa shape index (κ3) is 3.84. The minimum atomic E-state index is -0.890. The van der Waals surface area contributed by atoms with Gasteiger partial charge in [-0.15, -0.1) is 0 Å². The van der Waals surface area contributed by atoms with Crippen molar-refractivity contribution in [3.8, 4) is 0 Å². The lowest BCUT2D eigenvalue weighted by molar-refractivity contribution is -0.144. The first-order chi connectivity index (χ1) is 15.8. The van der Waals surface area contributed by atoms with Gasteiger partial charge in [0.15, 0.2) is 0 Å². The molecule has 5 rings (SSSR count). The molecule has 3 aromatic rings. The van der Waals surface area contributed by atoms with E-state index in [1.807, 2.05) is 47.6 Å². The fraction of sp³-hybridized carbons (Fsp3) is 0.400. The number of pyridine rings is 1. The van der Waals surface area contributed by atoms with Crippen molar-refractivity contribution in [1.82, 2.24) is 14.5 Å². The minimum absolute atomic E-state index is 0.0161. The summed E-state index contributed by atoms with van der Waals surface area (Å²) >= 11 is 0. The summed E-state index contributed by atoms with van der Waals surface area (Å²) in [5.74, 6) is -0.712. The van der Waals surface area contributed by atoms with Crippen molar-refractivity contribution in [1.29, 1.82) is 0 Å². The van der Waals surface area contributed by atoms with Gasteiger partial charge in [-0.25, -0.2) is 0 Å². The molecular weight excluding hydrogens is 420 g/mol. The van der Waals surface area contributed by atoms with Crippen LogP contribution < -0.4 is 10.9 Å². The van der Waals surface area contributed by atoms with Gasteiger partial charge >= 0.3 is 5.97 Å². The number of hydrogen-bond acceptors (Lipinski definition) is 4. The second-order valence-electron chi connectivity index (χ2n) is 9.54. The van der Waals surface area contributed by atoms with E-state index in [4.69, 9.17) is 0 Å². The quantitative estimate of drug-likeness (QED) is 0.556. The van der Waals surface area contributed by atoms with E-state index < -0.39 is 12.0 Å². The lowest BCUT2D eigenvalue weighted by atomic mass is 9.82. The smallest absolute Gasteiger partial charge is 0.325 e. The van der Waals surface area contributed by atoms with E-state index in [1.165, 1.54) is 0 Å². The molecule has 0 saturated carbocycles. The molecule has 1 amide bonds. The molecule has 0 spiro atoms. The van der Waals surface area contributed by atoms with Gasteiger partial charge in [0.05, 0.1) is 0 Å². The van der Waals surface area contributed by atoms with E-state index in [1.54, 1.807) is 18.3 Å². The molecule has 8 nitrogen and oxygen atoms in total. The summed E-state index contributed by atoms with van der Waals surface area (Å²) in [6.45, 7) is 5.51. The van der Waals surface area contributed by atoms with Crippen LogP contribution >= 0.6 is 0 Å². The van der Waals surface area contributed by atoms with Crippen LogP contribution in [0.3, 0.4) is 0 Å². The van der Waals surface area contributed by atoms with Crippen molar-refractivity contribution < 1.29 is 14.7 Å². The molecule has 0 radical (unpaired) electrons. The van der Waals surface area contributed by atoms with Crippen molar-refractivity contribution >= 4 is 28.5 Å². The highest BCUT2D eigenvalue weighted by Gasteiger charge is 2.40. The highest BCUT2D eigenvalue weighted by atomic mass is 16.4. The second kappa shape index (κ2) is 8.19. The molecule has 3 atom stereocenters. The first kappa shape index (κ1) is 21.5. The summed E-state index contributed by atoms with van der Waals surface area (Å²) in [4.78, 5) is 42.1. The minimum Gasteiger partial charge on any atom is -0.480 e. The number of aromatic amines is 1. The standard InChI is InChI=1S/C25H28N4O4/c1-14(2)24(31)27-17-6-7-18-19(10-26-20(18)9-17)23(25(32)33)28-11-15-8-16(13-28)21-4-3-5-22(30)29(21)12-15/h3-7,9-10,14-16,23,26H,8,11-13H2,1-2H3,(H,27,31)(H,32,33)/t15-,16+,23?/m1/s1. The summed E-state index contributed by atoms with van der Waals surface area (Å²) in [7, 11) is 0. The topological polar surface area (TPSA) is 107 Å². The number of nitrogens with one attached hydrogen (secondary N) is 2. The van der Waals surface area contributed by atoms with Crippen molar-refractivity contribution in [2.75, 3.05) is 18.4 Å². The molecule has 2 aliphatic rings. The Labute approximate surface area is 191 Å². The largest absolute Gasteiger partial charge is 0.480 e. The predicted octanol–water partition coefficient (Wildman–Crippen LogP) is 3.17. The van der Waals surface area contributed by atoms with Gasteiger partial charge in [-0.2, -0.15) is 0 Å². The number of anilines is 1. The molecule has 2 aromatic heterocycles. The van der Waals surface area contributed by atoms with E-state index in [-0.39, 0.29) is 29.2 Å². The van der Waals surface area contributed by atoms with E-state index in [0.717, 1.165) is 23.0 Å². The molecule has 8 heteroatoms. The number of carbonyl (C=O) groups is 2. The Morgan fingerprint density at radius 3 is 2.73 bits per heavy atom. The Morgan fingerprint density at radius 1 is 1.15 bits per heavy atom. The van der Waals surface area contributed by atoms with Crippen LogP contribution in [0.25, 0.3) is 10.9 Å². The molecule has 3 N–H and O–H groups in total. The van der Waals surface area contributed by atoms with E-state index in [0.29, 0.717) is 30.9 Å². The number of rotatable bonds is 5. The molecule has 33 heavy (non-hydrogen) atoms. The average Bonchev–Trinajstić information content (AvgIpc) is 3.17. The fourth-order valence-electron chi connectivity index (χ4n) is 5.37. The molecule has 2 bridgehead atoms. The number of amides is 1. The van der Waals surface area contributed by atoms with Crippen LogP contribution in [0, 0.1) is 11.8 Å². The lowest BCUT2D eigenvalue weighted by Crippen LogP contribution is -2.49. The summed E-state index contributed by atoms with van der Waals surface area (Å²) < 4.78 is 1.85. The normalized spacial score (nSPS) is 21.1. The Bertz CT molecular complexity index is 1290. The molecule has 1 unspecified atom stereocenters. The van der Waals surface area contributed by atoms with Gasteiger partial charge in [-0.05, 0) is 30.5 Å². The zero-order valence-electron chi connectivity index (χ0n) is 18.7. The molecule has 1 saturated heterocycles. The molecule has 4 heterocycles. The third-order valence-corrected chi connectivity index (χ3v) is 6.91. The van der Waals surface area contributed by atoms with Gasteiger partial charge in [0.25, 0.3) is 5.56 Å². The van der Waals surface area contributed by atoms with Crippen LogP contribution in [-0.2, 0) is 16.1 Å². The molecule has 0 aliphatic carbocycles. The highest BCUT2D eigenvalue weighted by Crippen LogP contribution is 2.39. The lowest BCUT2D eigenvalue weighted by Gasteiger charge is -2.44. The number of piperidine rings is 1. The van der Waals surface area contributed by atoms with Crippen LogP contribution in [0.4, 0.5) is 5.69 Å². The molecule has 2 aliphatic heterocycles. The van der Waals surface area contributed by atoms with E-state index in [9.17, 15) is 19.5 Å². The summed E-state index contributed by atoms with van der Waals surface area (Å²) in [5.41, 5.74) is 3.19. The predicted molar refractivity (Wildman–Crippen MR) is 125 cm³/mol. The number of carboxylic acid groups (broad SMARTS) is 1. The van der Waals surface area contributed by atoms with Crippen molar-refractivity contribution in [3.63, 3.8) is 0 Å². The first-order valence-electron chi connectivity index (χ1n) is 11.4. The van der Waals surface area contributed by atoms with Gasteiger partial charge in [-0.1, -0.05) is 26.0 Å². The summed E-state index contributed by atoms with van der Waals surface area (Å²) in [6.07, 6.45) is 2.74. The number of likely N-dealkylation sites (tertiary alicyclic amines) is 1. The zero-order valence-corrected chi connectivity index (χ0v) is 18.7. The number of carboxylic acids is 1. The van der Waals surface area contributed by atoms with Gasteiger partial charge < -0.3 is 20.0 Å². The Balaban J connectivity index is 1.46. The fourth-order valence-corrected chi connectivity index (χ4v) is 5.37. The Hall–Kier alpha value is -3.39. The van der Waals surface area contributed by atoms with Crippen LogP contribution in [0.5, 0.6) is 0 Å². The number of carbonyl (C=O) groups excluding carboxylic acids is 1. The number of nitrogens with zero attached hydrogens (tertiary/aromatic N) is 2. The van der Waals surface area contributed by atoms with Crippen molar-refractivity contribution in [2.45, 2.75) is 38.8 Å². The van der Waals surface area contributed by atoms with Crippen LogP contribution in [0.1, 0.15) is 43.5 Å². The number of benzene rings is 1. The number of aromatic nitrogens is 2. The number of H-pyrrole nitrogens is 1. The second-order valence-corrected chi connectivity index (χ2v) is 9.54. The molecule has 172 valence electrons. The summed E-state index contributed by atoms with van der Waals surface area (Å²) in [6, 6.07) is 10.1. The monoisotopic (exact) mass is 448 g/mol. The third-order valence-electron chi connectivity index (χ3n) is 6.91. The summed E-state index contributed by atoms with van der Waals surface area (Å²) in [5, 5.41) is 13.9. The average molecular weight is 449 g/mol. The number of hydrogen-bond donors (Lipinski definition) is 3. The molecule has 1 fully saturated rings. The van der Waals surface area contributed by atoms with Gasteiger partial charge in [-0.3, -0.25) is 19.3 Å². The number of aliphatic carboxylic acids is 1. The van der Waals surface area contributed by atoms with E-state index in [2.05, 4.69) is 10.3 Å². The Morgan fingerprint density at radius 2 is 1.97 bits per heavy atom. The molecular formula is C25H28N4O4. The van der Waals surface area contributed by atoms with Crippen LogP contribution in [0.2, 0.25) is 0 Å². The maximum absolute atomic E-state index is 12.5. The van der Waals surface area contributed by atoms with Crippen molar-refractivity contribution in [3.05, 3.63) is 64.2 Å². The van der Waals surface area contributed by atoms with Gasteiger partial charge in [0.2, 0.25) is 5.91 Å². The maximum Gasteiger partial charge on any atom is 0.325 e. The van der Waals surface area contributed by atoms with Crippen molar-refractivity contribution in [2.24, 2.45) is 11.8 Å². The first-order valence-corrected chi connectivity index (χ1v) is 11.4. The Kier molecular flexibility index (Phi) is 5.32. The SMILES string of the molecule is CC(C)C(=O)Nc1ccc2c(C(C(=O)O)N3C[C@H]4C[C@@H](C3)c3cccc(=O)n3C4)c[nH]c2c1. The number of fused-ring (bicyclic) bond motifs is 5. The van der Waals surface area contributed by atoms with Crippen LogP contribution in [-0.4, -0.2) is 44.5 Å². The van der Waals surface area contributed by atoms with E-state index >= 15 is 0 Å². The van der Waals surface area contributed by atoms with Crippen LogP contribution in [0.15, 0.2) is 47.4 Å². The highest BCUT2D eigenvalue weighted by molar-refractivity contribution is 5.96.